The Morgan fingerprint density at radius 3 is 2.37 bits per heavy atom. The number of hydrogen-bond donors (Lipinski definition) is 1. The quantitative estimate of drug-likeness (QED) is 0.384. The summed E-state index contributed by atoms with van der Waals surface area (Å²) in [5, 5.41) is 2.44. The van der Waals surface area contributed by atoms with Gasteiger partial charge in [0.2, 0.25) is 11.8 Å². The fourth-order valence-electron chi connectivity index (χ4n) is 6.97. The molecule has 4 aliphatic rings. The highest BCUT2D eigenvalue weighted by atomic mass is 35.5. The summed E-state index contributed by atoms with van der Waals surface area (Å²) in [7, 11) is 0. The van der Waals surface area contributed by atoms with Crippen LogP contribution in [0.4, 0.5) is 5.69 Å². The lowest BCUT2D eigenvalue weighted by Crippen LogP contribution is -2.42. The van der Waals surface area contributed by atoms with Gasteiger partial charge in [-0.25, -0.2) is 0 Å². The highest BCUT2D eigenvalue weighted by Crippen LogP contribution is 2.69. The third-order valence-electron chi connectivity index (χ3n) is 8.13. The fourth-order valence-corrected chi connectivity index (χ4v) is 10.4. The Labute approximate surface area is 223 Å². The van der Waals surface area contributed by atoms with Crippen molar-refractivity contribution in [1.82, 2.24) is 4.98 Å². The minimum Gasteiger partial charge on any atom is -0.307 e. The number of aromatic amines is 1. The van der Waals surface area contributed by atoms with Gasteiger partial charge in [-0.2, -0.15) is 0 Å². The summed E-state index contributed by atoms with van der Waals surface area (Å²) in [5.74, 6) is -1.01. The van der Waals surface area contributed by atoms with Gasteiger partial charge in [0.15, 0.2) is 0 Å². The number of H-pyrrole nitrogens is 1. The normalized spacial score (nSPS) is 32.7. The number of rotatable bonds is 2. The molecule has 2 saturated carbocycles. The van der Waals surface area contributed by atoms with Gasteiger partial charge in [-0.1, -0.05) is 58.3 Å². The second-order valence-corrected chi connectivity index (χ2v) is 13.0. The van der Waals surface area contributed by atoms with Crippen molar-refractivity contribution < 1.29 is 9.59 Å². The monoisotopic (exact) mass is 562 g/mol. The number of halogens is 3. The van der Waals surface area contributed by atoms with Gasteiger partial charge < -0.3 is 4.98 Å². The van der Waals surface area contributed by atoms with Crippen LogP contribution in [0.2, 0.25) is 15.1 Å². The lowest BCUT2D eigenvalue weighted by atomic mass is 9.68. The van der Waals surface area contributed by atoms with Crippen molar-refractivity contribution in [3.05, 3.63) is 77.6 Å². The number of carbonyl (C=O) groups is 2. The van der Waals surface area contributed by atoms with Gasteiger partial charge in [-0.15, -0.1) is 11.8 Å². The second kappa shape index (κ2) is 7.86. The molecule has 35 heavy (non-hydrogen) atoms. The van der Waals surface area contributed by atoms with E-state index in [0.717, 1.165) is 21.9 Å². The first kappa shape index (κ1) is 22.4. The van der Waals surface area contributed by atoms with Crippen molar-refractivity contribution in [2.75, 3.05) is 4.90 Å². The van der Waals surface area contributed by atoms with E-state index in [9.17, 15) is 14.4 Å². The summed E-state index contributed by atoms with van der Waals surface area (Å²) < 4.78 is 0. The first-order valence-corrected chi connectivity index (χ1v) is 14.1. The fraction of sp³-hybridized carbons (Fsp3) is 0.320. The molecule has 5 nitrogen and oxygen atoms in total. The van der Waals surface area contributed by atoms with Crippen LogP contribution < -0.4 is 9.77 Å². The summed E-state index contributed by atoms with van der Waals surface area (Å²) in [5.41, 5.74) is 1.44. The first-order chi connectivity index (χ1) is 16.8. The molecule has 178 valence electrons. The van der Waals surface area contributed by atoms with Crippen LogP contribution in [0.15, 0.2) is 52.3 Å². The van der Waals surface area contributed by atoms with Crippen molar-refractivity contribution in [2.24, 2.45) is 29.6 Å². The van der Waals surface area contributed by atoms with Crippen molar-refractivity contribution in [3.8, 4) is 0 Å². The molecule has 2 aromatic carbocycles. The Kier molecular flexibility index (Phi) is 5.04. The smallest absolute Gasteiger partial charge is 0.305 e. The molecule has 1 N–H and O–H groups in total. The predicted octanol–water partition coefficient (Wildman–Crippen LogP) is 6.07. The molecular formula is C25H17Cl3N2O3S2. The maximum Gasteiger partial charge on any atom is 0.305 e. The van der Waals surface area contributed by atoms with Crippen LogP contribution in [0.1, 0.15) is 22.8 Å². The maximum absolute atomic E-state index is 13.7. The Morgan fingerprint density at radius 1 is 0.914 bits per heavy atom. The Balaban J connectivity index is 1.35. The van der Waals surface area contributed by atoms with Crippen LogP contribution in [0.25, 0.3) is 0 Å². The molecule has 1 saturated heterocycles. The molecule has 1 aromatic heterocycles. The van der Waals surface area contributed by atoms with E-state index in [1.165, 1.54) is 16.2 Å². The van der Waals surface area contributed by atoms with Gasteiger partial charge in [-0.05, 0) is 60.1 Å². The van der Waals surface area contributed by atoms with E-state index in [1.54, 1.807) is 42.1 Å². The van der Waals surface area contributed by atoms with Gasteiger partial charge in [0, 0.05) is 21.1 Å². The second-order valence-electron chi connectivity index (χ2n) is 9.59. The number of thioether (sulfide) groups is 1. The van der Waals surface area contributed by atoms with E-state index < -0.39 is 0 Å². The zero-order valence-electron chi connectivity index (χ0n) is 17.9. The highest BCUT2D eigenvalue weighted by Gasteiger charge is 2.69. The summed E-state index contributed by atoms with van der Waals surface area (Å²) in [4.78, 5) is 44.9. The number of aromatic nitrogens is 1. The summed E-state index contributed by atoms with van der Waals surface area (Å²) >= 11 is 22.0. The van der Waals surface area contributed by atoms with Gasteiger partial charge in [0.05, 0.1) is 32.6 Å². The number of imide groups is 1. The zero-order chi connectivity index (χ0) is 24.2. The van der Waals surface area contributed by atoms with Gasteiger partial charge in [0.1, 0.15) is 0 Å². The number of anilines is 1. The number of thiazole rings is 1. The molecule has 2 aliphatic carbocycles. The van der Waals surface area contributed by atoms with Crippen molar-refractivity contribution in [3.63, 3.8) is 0 Å². The lowest BCUT2D eigenvalue weighted by molar-refractivity contribution is -0.123. The van der Waals surface area contributed by atoms with E-state index in [2.05, 4.69) is 4.98 Å². The average Bonchev–Trinajstić information content (AvgIpc) is 3.56. The molecule has 3 heterocycles. The number of hydrogen-bond acceptors (Lipinski definition) is 5. The Morgan fingerprint density at radius 2 is 1.63 bits per heavy atom. The molecule has 3 fully saturated rings. The number of carbonyl (C=O) groups excluding carboxylic acids is 2. The van der Waals surface area contributed by atoms with Gasteiger partial charge >= 0.3 is 4.87 Å². The minimum atomic E-state index is -0.372. The highest BCUT2D eigenvalue weighted by molar-refractivity contribution is 8.00. The van der Waals surface area contributed by atoms with Crippen LogP contribution in [-0.2, 0) is 9.59 Å². The van der Waals surface area contributed by atoms with Crippen molar-refractivity contribution >= 4 is 75.4 Å². The third kappa shape index (κ3) is 3.05. The Hall–Kier alpha value is -1.77. The molecule has 7 atom stereocenters. The van der Waals surface area contributed by atoms with E-state index in [1.807, 2.05) is 12.1 Å². The molecule has 3 aromatic rings. The molecule has 7 rings (SSSR count). The van der Waals surface area contributed by atoms with Crippen LogP contribution in [0.3, 0.4) is 0 Å². The van der Waals surface area contributed by atoms with E-state index in [4.69, 9.17) is 34.8 Å². The van der Waals surface area contributed by atoms with Crippen LogP contribution in [0, 0.1) is 29.6 Å². The van der Waals surface area contributed by atoms with Gasteiger partial charge in [0.25, 0.3) is 0 Å². The minimum absolute atomic E-state index is 0.0154. The summed E-state index contributed by atoms with van der Waals surface area (Å²) in [6.07, 6.45) is 0.817. The maximum atomic E-state index is 13.7. The lowest BCUT2D eigenvalue weighted by Gasteiger charge is -2.43. The molecule has 0 spiro atoms. The average molecular weight is 564 g/mol. The molecule has 6 unspecified atom stereocenters. The first-order valence-electron chi connectivity index (χ1n) is 11.3. The van der Waals surface area contributed by atoms with E-state index in [0.29, 0.717) is 20.8 Å². The van der Waals surface area contributed by atoms with Crippen molar-refractivity contribution in [1.29, 1.82) is 0 Å². The number of benzene rings is 2. The van der Waals surface area contributed by atoms with Crippen LogP contribution in [0.5, 0.6) is 0 Å². The largest absolute Gasteiger partial charge is 0.307 e. The number of amides is 2. The van der Waals surface area contributed by atoms with Crippen LogP contribution >= 0.6 is 57.9 Å². The molecule has 0 radical (unpaired) electrons. The standard InChI is InChI=1S/C25H17Cl3N2O3S2/c26-9-4-6-10(7-5-9)30-23(31)17-12-8-13(18(17)24(30)32)20-16(12)15(11-2-1-3-14(27)19(11)28)21-22(34-20)29-25(33)35-21/h1-7,12-13,15-18,20H,8H2,(H,29,33)/t12?,13?,15-,16?,17?,18?,20?/m1/s1. The molecule has 2 aliphatic heterocycles. The third-order valence-corrected chi connectivity index (χ3v) is 11.8. The topological polar surface area (TPSA) is 70.2 Å². The number of fused-ring (bicyclic) bond motifs is 9. The number of nitrogens with one attached hydrogen (secondary N) is 1. The molecule has 10 heteroatoms. The zero-order valence-corrected chi connectivity index (χ0v) is 21.8. The van der Waals surface area contributed by atoms with E-state index in [-0.39, 0.29) is 57.4 Å². The van der Waals surface area contributed by atoms with E-state index >= 15 is 0 Å². The molecule has 2 amide bonds. The molecule has 2 bridgehead atoms. The molecular weight excluding hydrogens is 547 g/mol. The predicted molar refractivity (Wildman–Crippen MR) is 139 cm³/mol. The number of nitrogens with zero attached hydrogens (tertiary/aromatic N) is 1. The summed E-state index contributed by atoms with van der Waals surface area (Å²) in [6, 6.07) is 12.4. The Bertz CT molecular complexity index is 1470. The SMILES string of the molecule is O=C1C2C3CC(C2C(=O)N1c1ccc(Cl)cc1)C1C3Sc2[nH]c(=O)sc2[C@@H]1c1cccc(Cl)c1Cl. The van der Waals surface area contributed by atoms with Gasteiger partial charge in [-0.3, -0.25) is 19.3 Å². The van der Waals surface area contributed by atoms with Crippen LogP contribution in [-0.4, -0.2) is 22.0 Å². The van der Waals surface area contributed by atoms with Crippen molar-refractivity contribution in [2.45, 2.75) is 22.6 Å². The summed E-state index contributed by atoms with van der Waals surface area (Å²) in [6.45, 7) is 0.